The van der Waals surface area contributed by atoms with Gasteiger partial charge in [0.1, 0.15) is 0 Å². The molecule has 0 spiro atoms. The van der Waals surface area contributed by atoms with E-state index in [0.717, 1.165) is 49.2 Å². The van der Waals surface area contributed by atoms with E-state index in [1.54, 1.807) is 6.20 Å². The van der Waals surface area contributed by atoms with E-state index in [2.05, 4.69) is 52.8 Å². The van der Waals surface area contributed by atoms with Crippen molar-refractivity contribution in [3.8, 4) is 0 Å². The van der Waals surface area contributed by atoms with Crippen LogP contribution in [0.25, 0.3) is 11.0 Å². The average molecular weight is 386 g/mol. The van der Waals surface area contributed by atoms with Crippen LogP contribution < -0.4 is 5.32 Å². The molecule has 2 amide bonds. The summed E-state index contributed by atoms with van der Waals surface area (Å²) in [4.78, 5) is 23.6. The van der Waals surface area contributed by atoms with Gasteiger partial charge in [-0.15, -0.1) is 0 Å². The highest BCUT2D eigenvalue weighted by Gasteiger charge is 2.38. The zero-order valence-electron chi connectivity index (χ0n) is 16.5. The maximum absolute atomic E-state index is 12.6. The van der Waals surface area contributed by atoms with Gasteiger partial charge < -0.3 is 10.2 Å². The normalized spacial score (nSPS) is 21.9. The van der Waals surface area contributed by atoms with Crippen molar-refractivity contribution in [1.29, 1.82) is 0 Å². The smallest absolute Gasteiger partial charge is 0.317 e. The van der Waals surface area contributed by atoms with E-state index in [-0.39, 0.29) is 6.03 Å². The largest absolute Gasteiger partial charge is 0.338 e. The van der Waals surface area contributed by atoms with Gasteiger partial charge in [0.25, 0.3) is 0 Å². The first-order valence-corrected chi connectivity index (χ1v) is 10.6. The number of nitrogens with one attached hydrogen (secondary N) is 1. The molecule has 2 aromatic heterocycles. The fourth-order valence-corrected chi connectivity index (χ4v) is 4.49. The number of rotatable bonds is 4. The first kappa shape index (κ1) is 18.1. The van der Waals surface area contributed by atoms with Gasteiger partial charge >= 0.3 is 6.03 Å². The van der Waals surface area contributed by atoms with Crippen molar-refractivity contribution >= 4 is 17.1 Å². The average Bonchev–Trinajstić information content (AvgIpc) is 3.58. The molecule has 2 fully saturated rings. The predicted octanol–water partition coefficient (Wildman–Crippen LogP) is 4.32. The van der Waals surface area contributed by atoms with Crippen LogP contribution in [0.15, 0.2) is 60.8 Å². The van der Waals surface area contributed by atoms with Gasteiger partial charge in [-0.05, 0) is 60.9 Å². The van der Waals surface area contributed by atoms with Crippen LogP contribution in [-0.4, -0.2) is 40.5 Å². The number of urea groups is 1. The van der Waals surface area contributed by atoms with Crippen molar-refractivity contribution in [2.45, 2.75) is 31.1 Å². The molecule has 3 heterocycles. The molecule has 0 radical (unpaired) electrons. The second kappa shape index (κ2) is 7.82. The third-order valence-corrected chi connectivity index (χ3v) is 6.35. The number of carbonyl (C=O) groups excluding carboxylic acids is 1. The van der Waals surface area contributed by atoms with Gasteiger partial charge in [0.15, 0.2) is 5.65 Å². The molecule has 1 saturated carbocycles. The third-order valence-electron chi connectivity index (χ3n) is 6.35. The number of piperidine rings is 1. The third kappa shape index (κ3) is 3.95. The molecule has 148 valence electrons. The fraction of sp³-hybridized carbons (Fsp3) is 0.375. The molecule has 3 aromatic rings. The van der Waals surface area contributed by atoms with Crippen molar-refractivity contribution in [2.24, 2.45) is 5.92 Å². The number of nitrogens with zero attached hydrogens (tertiary/aromatic N) is 3. The van der Waals surface area contributed by atoms with E-state index in [9.17, 15) is 4.79 Å². The lowest BCUT2D eigenvalue weighted by Crippen LogP contribution is -2.44. The van der Waals surface area contributed by atoms with Gasteiger partial charge in [0, 0.05) is 42.8 Å². The van der Waals surface area contributed by atoms with Gasteiger partial charge in [0.05, 0.1) is 0 Å². The lowest BCUT2D eigenvalue weighted by Gasteiger charge is -2.31. The van der Waals surface area contributed by atoms with Crippen molar-refractivity contribution < 1.29 is 4.79 Å². The zero-order chi connectivity index (χ0) is 19.6. The summed E-state index contributed by atoms with van der Waals surface area (Å²) in [6, 6.07) is 18.9. The van der Waals surface area contributed by atoms with Crippen LogP contribution in [0.3, 0.4) is 0 Å². The minimum atomic E-state index is 0.0790. The number of fused-ring (bicyclic) bond motifs is 1. The number of pyridine rings is 2. The molecule has 5 heteroatoms. The minimum absolute atomic E-state index is 0.0790. The number of aromatic nitrogens is 2. The van der Waals surface area contributed by atoms with Crippen LogP contribution in [-0.2, 0) is 0 Å². The standard InChI is InChI=1S/C24H26N4O/c29-24(26-16-20-15-21(20)17-5-2-1-3-6-17)28-13-10-18(11-14-28)22-9-8-19-7-4-12-25-23(19)27-22/h1-9,12,18,20-21H,10-11,13-16H2,(H,26,29)/t20-,21-/m1/s1. The summed E-state index contributed by atoms with van der Waals surface area (Å²) in [6.45, 7) is 2.34. The number of amides is 2. The van der Waals surface area contributed by atoms with Crippen LogP contribution in [0, 0.1) is 5.92 Å². The molecule has 2 atom stereocenters. The number of hydrogen-bond donors (Lipinski definition) is 1. The van der Waals surface area contributed by atoms with E-state index < -0.39 is 0 Å². The minimum Gasteiger partial charge on any atom is -0.338 e. The Labute approximate surface area is 171 Å². The number of hydrogen-bond acceptors (Lipinski definition) is 3. The number of benzene rings is 1. The lowest BCUT2D eigenvalue weighted by atomic mass is 9.93. The maximum atomic E-state index is 12.6. The summed E-state index contributed by atoms with van der Waals surface area (Å²) in [5.41, 5.74) is 3.30. The first-order valence-electron chi connectivity index (χ1n) is 10.6. The molecule has 1 N–H and O–H groups in total. The Morgan fingerprint density at radius 3 is 2.69 bits per heavy atom. The van der Waals surface area contributed by atoms with E-state index in [4.69, 9.17) is 4.98 Å². The van der Waals surface area contributed by atoms with Gasteiger partial charge in [-0.2, -0.15) is 0 Å². The molecule has 2 aliphatic rings. The summed E-state index contributed by atoms with van der Waals surface area (Å²) in [7, 11) is 0. The highest BCUT2D eigenvalue weighted by Crippen LogP contribution is 2.46. The fourth-order valence-electron chi connectivity index (χ4n) is 4.49. The van der Waals surface area contributed by atoms with Crippen LogP contribution >= 0.6 is 0 Å². The van der Waals surface area contributed by atoms with E-state index in [0.29, 0.717) is 17.8 Å². The topological polar surface area (TPSA) is 58.1 Å². The van der Waals surface area contributed by atoms with Crippen LogP contribution in [0.5, 0.6) is 0 Å². The summed E-state index contributed by atoms with van der Waals surface area (Å²) < 4.78 is 0. The second-order valence-corrected chi connectivity index (χ2v) is 8.25. The Morgan fingerprint density at radius 2 is 1.86 bits per heavy atom. The predicted molar refractivity (Wildman–Crippen MR) is 114 cm³/mol. The van der Waals surface area contributed by atoms with Gasteiger partial charge in [-0.3, -0.25) is 0 Å². The Kier molecular flexibility index (Phi) is 4.88. The zero-order valence-corrected chi connectivity index (χ0v) is 16.5. The SMILES string of the molecule is O=C(NC[C@H]1C[C@@H]1c1ccccc1)N1CCC(c2ccc3cccnc3n2)CC1. The quantitative estimate of drug-likeness (QED) is 0.726. The lowest BCUT2D eigenvalue weighted by molar-refractivity contribution is 0.180. The highest BCUT2D eigenvalue weighted by atomic mass is 16.2. The van der Waals surface area contributed by atoms with Gasteiger partial charge in [0.2, 0.25) is 0 Å². The Morgan fingerprint density at radius 1 is 1.03 bits per heavy atom. The molecule has 0 unspecified atom stereocenters. The molecular weight excluding hydrogens is 360 g/mol. The van der Waals surface area contributed by atoms with E-state index in [1.807, 2.05) is 17.0 Å². The second-order valence-electron chi connectivity index (χ2n) is 8.25. The Balaban J connectivity index is 1.11. The van der Waals surface area contributed by atoms with E-state index >= 15 is 0 Å². The van der Waals surface area contributed by atoms with Gasteiger partial charge in [-0.25, -0.2) is 14.8 Å². The van der Waals surface area contributed by atoms with Crippen molar-refractivity contribution in [3.63, 3.8) is 0 Å². The van der Waals surface area contributed by atoms with Crippen LogP contribution in [0.2, 0.25) is 0 Å². The highest BCUT2D eigenvalue weighted by molar-refractivity contribution is 5.75. The Hall–Kier alpha value is -2.95. The molecular formula is C24H26N4O. The summed E-state index contributed by atoms with van der Waals surface area (Å²) in [5, 5.41) is 4.23. The van der Waals surface area contributed by atoms with E-state index in [1.165, 1.54) is 12.0 Å². The Bertz CT molecular complexity index is 998. The molecule has 1 saturated heterocycles. The van der Waals surface area contributed by atoms with Crippen LogP contribution in [0.4, 0.5) is 4.79 Å². The number of likely N-dealkylation sites (tertiary alicyclic amines) is 1. The maximum Gasteiger partial charge on any atom is 0.317 e. The summed E-state index contributed by atoms with van der Waals surface area (Å²) >= 11 is 0. The number of carbonyl (C=O) groups is 1. The molecule has 1 aliphatic carbocycles. The summed E-state index contributed by atoms with van der Waals surface area (Å²) in [6.07, 6.45) is 4.87. The molecule has 1 aromatic carbocycles. The molecule has 5 nitrogen and oxygen atoms in total. The van der Waals surface area contributed by atoms with Crippen LogP contribution in [0.1, 0.15) is 42.4 Å². The molecule has 0 bridgehead atoms. The van der Waals surface area contributed by atoms with Crippen molar-refractivity contribution in [1.82, 2.24) is 20.2 Å². The van der Waals surface area contributed by atoms with Gasteiger partial charge in [-0.1, -0.05) is 30.3 Å². The molecule has 5 rings (SSSR count). The summed E-state index contributed by atoms with van der Waals surface area (Å²) in [5.74, 6) is 1.58. The first-order chi connectivity index (χ1) is 14.3. The van der Waals surface area contributed by atoms with Crippen molar-refractivity contribution in [3.05, 3.63) is 72.1 Å². The molecule has 1 aliphatic heterocycles. The van der Waals surface area contributed by atoms with Crippen molar-refractivity contribution in [2.75, 3.05) is 19.6 Å². The monoisotopic (exact) mass is 386 g/mol. The molecule has 29 heavy (non-hydrogen) atoms.